The maximum atomic E-state index is 11.9. The van der Waals surface area contributed by atoms with Gasteiger partial charge >= 0.3 is 9.15 Å². The summed E-state index contributed by atoms with van der Waals surface area (Å²) in [5.41, 5.74) is 0. The van der Waals surface area contributed by atoms with E-state index in [1.807, 2.05) is 0 Å². The van der Waals surface area contributed by atoms with E-state index in [9.17, 15) is 18.6 Å². The largest absolute Gasteiger partial charge is 0.395 e. The van der Waals surface area contributed by atoms with Crippen LogP contribution in [0.3, 0.4) is 0 Å². The van der Waals surface area contributed by atoms with Gasteiger partial charge in [0.2, 0.25) is 0 Å². The van der Waals surface area contributed by atoms with Crippen LogP contribution in [0.2, 0.25) is 0 Å². The second-order valence-corrected chi connectivity index (χ2v) is 11.0. The fraction of sp³-hybridized carbons (Fsp3) is 1.00. The quantitative estimate of drug-likeness (QED) is 0.145. The summed E-state index contributed by atoms with van der Waals surface area (Å²) in [6.07, 6.45) is 11.0. The highest BCUT2D eigenvalue weighted by Crippen LogP contribution is 2.14. The molecule has 2 atom stereocenters. The molecule has 0 aliphatic rings. The van der Waals surface area contributed by atoms with Gasteiger partial charge in [-0.2, -0.15) is 8.42 Å². The zero-order valence-corrected chi connectivity index (χ0v) is 20.0. The molecule has 0 aromatic carbocycles. The molecule has 0 saturated heterocycles. The molecule has 0 aromatic heterocycles. The Morgan fingerprint density at radius 3 is 1.83 bits per heavy atom. The molecule has 0 saturated carbocycles. The van der Waals surface area contributed by atoms with Crippen LogP contribution in [0.15, 0.2) is 0 Å². The SMILES string of the molecule is CCCCCC[C@@H](CO)NCCOS(=O)(=O)SCCN[C@H](CO)CCCCCC. The van der Waals surface area contributed by atoms with Gasteiger partial charge in [-0.05, 0) is 23.6 Å². The summed E-state index contributed by atoms with van der Waals surface area (Å²) in [7, 11) is -2.85. The molecular formula is C20H44N2O5S2. The Labute approximate surface area is 182 Å². The lowest BCUT2D eigenvalue weighted by Crippen LogP contribution is -2.35. The second kappa shape index (κ2) is 20.0. The van der Waals surface area contributed by atoms with Crippen LogP contribution in [0, 0.1) is 0 Å². The lowest BCUT2D eigenvalue weighted by molar-refractivity contribution is 0.224. The van der Waals surface area contributed by atoms with Crippen molar-refractivity contribution in [3.8, 4) is 0 Å². The van der Waals surface area contributed by atoms with E-state index < -0.39 is 9.15 Å². The van der Waals surface area contributed by atoms with Gasteiger partial charge in [0, 0.05) is 30.9 Å². The standard InChI is InChI=1S/C20H44N2O5S2/c1-3-5-7-9-11-19(17-23)21-13-15-27-29(25,26)28-16-14-22-20(18-24)12-10-8-6-4-2/h19-24H,3-18H2,1-2H3/t19-,20-/m0/s1. The zero-order valence-electron chi connectivity index (χ0n) is 18.4. The first kappa shape index (κ1) is 29.1. The second-order valence-electron chi connectivity index (χ2n) is 7.42. The highest BCUT2D eigenvalue weighted by atomic mass is 33.1. The highest BCUT2D eigenvalue weighted by molar-refractivity contribution is 8.70. The van der Waals surface area contributed by atoms with E-state index in [1.165, 1.54) is 25.7 Å². The van der Waals surface area contributed by atoms with E-state index in [1.54, 1.807) is 0 Å². The minimum Gasteiger partial charge on any atom is -0.395 e. The minimum absolute atomic E-state index is 0.0113. The average Bonchev–Trinajstić information content (AvgIpc) is 2.71. The molecule has 0 radical (unpaired) electrons. The number of unbranched alkanes of at least 4 members (excludes halogenated alkanes) is 6. The normalized spacial score (nSPS) is 14.2. The maximum Gasteiger partial charge on any atom is 0.322 e. The van der Waals surface area contributed by atoms with Crippen molar-refractivity contribution < 1.29 is 22.8 Å². The van der Waals surface area contributed by atoms with Crippen LogP contribution in [0.1, 0.15) is 78.1 Å². The van der Waals surface area contributed by atoms with Crippen LogP contribution in [0.5, 0.6) is 0 Å². The average molecular weight is 457 g/mol. The van der Waals surface area contributed by atoms with Crippen molar-refractivity contribution in [3.63, 3.8) is 0 Å². The summed E-state index contributed by atoms with van der Waals surface area (Å²) in [6, 6.07) is 0.00998. The van der Waals surface area contributed by atoms with Crippen LogP contribution in [0.25, 0.3) is 0 Å². The topological polar surface area (TPSA) is 108 Å². The van der Waals surface area contributed by atoms with Gasteiger partial charge in [0.1, 0.15) is 0 Å². The molecule has 0 aromatic rings. The molecule has 0 aliphatic heterocycles. The summed E-state index contributed by atoms with van der Waals surface area (Å²) in [4.78, 5) is 0. The van der Waals surface area contributed by atoms with E-state index in [2.05, 4.69) is 24.5 Å². The third-order valence-corrected chi connectivity index (χ3v) is 7.55. The Bertz CT molecular complexity index is 418. The van der Waals surface area contributed by atoms with Crippen molar-refractivity contribution in [2.45, 2.75) is 90.1 Å². The molecule has 176 valence electrons. The van der Waals surface area contributed by atoms with E-state index in [0.29, 0.717) is 18.8 Å². The highest BCUT2D eigenvalue weighted by Gasteiger charge is 2.14. The number of hydrogen-bond donors (Lipinski definition) is 4. The Kier molecular flexibility index (Phi) is 20.1. The molecule has 0 unspecified atom stereocenters. The van der Waals surface area contributed by atoms with Crippen LogP contribution < -0.4 is 10.6 Å². The molecule has 0 aliphatic carbocycles. The predicted octanol–water partition coefficient (Wildman–Crippen LogP) is 2.82. The predicted molar refractivity (Wildman–Crippen MR) is 123 cm³/mol. The van der Waals surface area contributed by atoms with E-state index in [0.717, 1.165) is 49.3 Å². The first-order chi connectivity index (χ1) is 14.0. The summed E-state index contributed by atoms with van der Waals surface area (Å²) in [5.74, 6) is 0.373. The summed E-state index contributed by atoms with van der Waals surface area (Å²) in [5, 5.41) is 25.1. The van der Waals surface area contributed by atoms with Crippen molar-refractivity contribution >= 4 is 19.9 Å². The van der Waals surface area contributed by atoms with Crippen molar-refractivity contribution in [2.75, 3.05) is 38.7 Å². The smallest absolute Gasteiger partial charge is 0.322 e. The van der Waals surface area contributed by atoms with Gasteiger partial charge in [0.15, 0.2) is 0 Å². The van der Waals surface area contributed by atoms with Crippen molar-refractivity contribution in [2.24, 2.45) is 0 Å². The van der Waals surface area contributed by atoms with Crippen LogP contribution in [-0.2, 0) is 13.3 Å². The first-order valence-corrected chi connectivity index (χ1v) is 14.1. The molecule has 0 spiro atoms. The Morgan fingerprint density at radius 2 is 1.34 bits per heavy atom. The van der Waals surface area contributed by atoms with Gasteiger partial charge in [0.25, 0.3) is 0 Å². The third kappa shape index (κ3) is 18.6. The Morgan fingerprint density at radius 1 is 0.828 bits per heavy atom. The zero-order chi connectivity index (χ0) is 21.8. The molecule has 0 bridgehead atoms. The maximum absolute atomic E-state index is 11.9. The molecule has 0 fully saturated rings. The lowest BCUT2D eigenvalue weighted by Gasteiger charge is -2.16. The number of aliphatic hydroxyl groups is 2. The van der Waals surface area contributed by atoms with Gasteiger partial charge in [0.05, 0.1) is 19.8 Å². The monoisotopic (exact) mass is 456 g/mol. The van der Waals surface area contributed by atoms with Crippen LogP contribution in [-0.4, -0.2) is 69.4 Å². The van der Waals surface area contributed by atoms with Crippen LogP contribution >= 0.6 is 10.8 Å². The number of hydrogen-bond acceptors (Lipinski definition) is 8. The lowest BCUT2D eigenvalue weighted by atomic mass is 10.1. The summed E-state index contributed by atoms with van der Waals surface area (Å²) < 4.78 is 28.9. The van der Waals surface area contributed by atoms with Gasteiger partial charge in [-0.3, -0.25) is 4.18 Å². The molecular weight excluding hydrogens is 412 g/mol. The van der Waals surface area contributed by atoms with E-state index in [-0.39, 0.29) is 31.9 Å². The first-order valence-electron chi connectivity index (χ1n) is 11.2. The van der Waals surface area contributed by atoms with Gasteiger partial charge < -0.3 is 20.8 Å². The van der Waals surface area contributed by atoms with Gasteiger partial charge in [-0.25, -0.2) is 0 Å². The number of nitrogens with one attached hydrogen (secondary N) is 2. The van der Waals surface area contributed by atoms with Crippen LogP contribution in [0.4, 0.5) is 0 Å². The fourth-order valence-corrected chi connectivity index (χ4v) is 5.03. The van der Waals surface area contributed by atoms with Crippen molar-refractivity contribution in [3.05, 3.63) is 0 Å². The fourth-order valence-electron chi connectivity index (χ4n) is 3.00. The van der Waals surface area contributed by atoms with Gasteiger partial charge in [-0.15, -0.1) is 0 Å². The Hall–Kier alpha value is 0.1000. The summed E-state index contributed by atoms with van der Waals surface area (Å²) in [6.45, 7) is 5.39. The molecule has 29 heavy (non-hydrogen) atoms. The molecule has 9 heteroatoms. The molecule has 0 amide bonds. The van der Waals surface area contributed by atoms with Crippen molar-refractivity contribution in [1.29, 1.82) is 0 Å². The molecule has 7 nitrogen and oxygen atoms in total. The Balaban J connectivity index is 3.83. The molecule has 0 rings (SSSR count). The third-order valence-electron chi connectivity index (χ3n) is 4.78. The van der Waals surface area contributed by atoms with Gasteiger partial charge in [-0.1, -0.05) is 65.2 Å². The number of rotatable bonds is 22. The van der Waals surface area contributed by atoms with E-state index >= 15 is 0 Å². The van der Waals surface area contributed by atoms with E-state index in [4.69, 9.17) is 4.18 Å². The molecule has 4 N–H and O–H groups in total. The molecule has 0 heterocycles. The van der Waals surface area contributed by atoms with Crippen molar-refractivity contribution in [1.82, 2.24) is 10.6 Å². The summed E-state index contributed by atoms with van der Waals surface area (Å²) >= 11 is 0. The number of aliphatic hydroxyl groups excluding tert-OH is 2. The minimum atomic E-state index is -3.63.